The van der Waals surface area contributed by atoms with Crippen LogP contribution in [-0.2, 0) is 6.42 Å². The Morgan fingerprint density at radius 3 is 2.67 bits per heavy atom. The van der Waals surface area contributed by atoms with Gasteiger partial charge in [-0.15, -0.1) is 11.8 Å². The zero-order valence-corrected chi connectivity index (χ0v) is 11.4. The van der Waals surface area contributed by atoms with E-state index in [2.05, 4.69) is 4.98 Å². The van der Waals surface area contributed by atoms with Crippen molar-refractivity contribution >= 4 is 23.4 Å². The molecule has 1 unspecified atom stereocenters. The molecule has 1 aromatic heterocycles. The summed E-state index contributed by atoms with van der Waals surface area (Å²) in [5, 5.41) is 10.7. The lowest BCUT2D eigenvalue weighted by Crippen LogP contribution is -2.13. The van der Waals surface area contributed by atoms with Crippen LogP contribution in [0.15, 0.2) is 53.7 Å². The number of hydrogen-bond acceptors (Lipinski definition) is 3. The number of aliphatic hydroxyl groups is 1. The van der Waals surface area contributed by atoms with Crippen molar-refractivity contribution in [1.82, 2.24) is 4.98 Å². The van der Waals surface area contributed by atoms with Crippen LogP contribution in [0.1, 0.15) is 5.56 Å². The summed E-state index contributed by atoms with van der Waals surface area (Å²) < 4.78 is 0. The second kappa shape index (κ2) is 6.78. The second-order valence-corrected chi connectivity index (χ2v) is 5.51. The summed E-state index contributed by atoms with van der Waals surface area (Å²) in [6.07, 6.45) is 3.79. The molecule has 0 aliphatic carbocycles. The first-order valence-corrected chi connectivity index (χ1v) is 7.06. The first kappa shape index (κ1) is 13.4. The van der Waals surface area contributed by atoms with Crippen molar-refractivity contribution in [3.05, 3.63) is 59.4 Å². The third-order valence-electron chi connectivity index (χ3n) is 2.45. The van der Waals surface area contributed by atoms with E-state index in [0.717, 1.165) is 15.5 Å². The Morgan fingerprint density at radius 2 is 2.00 bits per heavy atom. The van der Waals surface area contributed by atoms with Crippen LogP contribution in [0.2, 0.25) is 5.02 Å². The molecule has 0 aliphatic rings. The Balaban J connectivity index is 1.81. The molecule has 0 aliphatic heterocycles. The highest BCUT2D eigenvalue weighted by Crippen LogP contribution is 2.21. The summed E-state index contributed by atoms with van der Waals surface area (Å²) in [5.74, 6) is 0.663. The van der Waals surface area contributed by atoms with Gasteiger partial charge in [-0.05, 0) is 35.9 Å². The van der Waals surface area contributed by atoms with Gasteiger partial charge < -0.3 is 5.11 Å². The molecule has 1 atom stereocenters. The Hall–Kier alpha value is -1.03. The quantitative estimate of drug-likeness (QED) is 0.851. The maximum Gasteiger partial charge on any atom is 0.0674 e. The monoisotopic (exact) mass is 279 g/mol. The van der Waals surface area contributed by atoms with E-state index in [1.54, 1.807) is 24.2 Å². The fourth-order valence-electron chi connectivity index (χ4n) is 1.57. The van der Waals surface area contributed by atoms with Crippen LogP contribution in [0.25, 0.3) is 0 Å². The Bertz CT molecular complexity index is 475. The second-order valence-electron chi connectivity index (χ2n) is 3.98. The molecule has 1 heterocycles. The number of thioether (sulfide) groups is 1. The van der Waals surface area contributed by atoms with Gasteiger partial charge in [0.15, 0.2) is 0 Å². The molecule has 0 fully saturated rings. The summed E-state index contributed by atoms with van der Waals surface area (Å²) in [6.45, 7) is 0. The van der Waals surface area contributed by atoms with Gasteiger partial charge in [0.05, 0.1) is 6.10 Å². The van der Waals surface area contributed by atoms with E-state index in [0.29, 0.717) is 12.2 Å². The number of hydrogen-bond donors (Lipinski definition) is 1. The minimum atomic E-state index is -0.366. The predicted molar refractivity (Wildman–Crippen MR) is 76.1 cm³/mol. The van der Waals surface area contributed by atoms with Gasteiger partial charge in [-0.1, -0.05) is 17.7 Å². The van der Waals surface area contributed by atoms with E-state index in [1.165, 1.54) is 0 Å². The van der Waals surface area contributed by atoms with Gasteiger partial charge in [-0.2, -0.15) is 0 Å². The minimum absolute atomic E-state index is 0.366. The van der Waals surface area contributed by atoms with Crippen LogP contribution in [0.3, 0.4) is 0 Å². The summed E-state index contributed by atoms with van der Waals surface area (Å²) in [4.78, 5) is 5.15. The molecule has 2 nitrogen and oxygen atoms in total. The third-order valence-corrected chi connectivity index (χ3v) is 3.86. The molecule has 1 N–H and O–H groups in total. The lowest BCUT2D eigenvalue weighted by Gasteiger charge is -2.10. The normalized spacial score (nSPS) is 12.3. The molecule has 2 rings (SSSR count). The van der Waals surface area contributed by atoms with Crippen LogP contribution >= 0.6 is 23.4 Å². The molecule has 0 saturated heterocycles. The zero-order valence-electron chi connectivity index (χ0n) is 9.79. The van der Waals surface area contributed by atoms with Gasteiger partial charge >= 0.3 is 0 Å². The Morgan fingerprint density at radius 1 is 1.22 bits per heavy atom. The number of halogens is 1. The fourth-order valence-corrected chi connectivity index (χ4v) is 2.53. The molecule has 4 heteroatoms. The molecule has 0 spiro atoms. The number of pyridine rings is 1. The van der Waals surface area contributed by atoms with Gasteiger partial charge in [-0.3, -0.25) is 4.98 Å². The summed E-state index contributed by atoms with van der Waals surface area (Å²) >= 11 is 7.44. The van der Waals surface area contributed by atoms with Crippen LogP contribution < -0.4 is 0 Å². The van der Waals surface area contributed by atoms with E-state index in [4.69, 9.17) is 11.6 Å². The maximum absolute atomic E-state index is 9.94. The molecule has 94 valence electrons. The van der Waals surface area contributed by atoms with Crippen molar-refractivity contribution in [2.75, 3.05) is 5.75 Å². The topological polar surface area (TPSA) is 33.1 Å². The fraction of sp³-hybridized carbons (Fsp3) is 0.214. The average molecular weight is 280 g/mol. The Labute approximate surface area is 116 Å². The smallest absolute Gasteiger partial charge is 0.0674 e. The first-order chi connectivity index (χ1) is 8.74. The van der Waals surface area contributed by atoms with Crippen LogP contribution in [0.4, 0.5) is 0 Å². The summed E-state index contributed by atoms with van der Waals surface area (Å²) in [5.41, 5.74) is 1.06. The molecular formula is C14H14ClNOS. The minimum Gasteiger partial charge on any atom is -0.392 e. The molecule has 0 radical (unpaired) electrons. The SMILES string of the molecule is OC(CSc1ccc(Cl)cc1)Cc1cccnc1. The maximum atomic E-state index is 9.94. The Kier molecular flexibility index (Phi) is 5.05. The third kappa shape index (κ3) is 4.33. The van der Waals surface area contributed by atoms with Crippen molar-refractivity contribution in [3.8, 4) is 0 Å². The van der Waals surface area contributed by atoms with Gasteiger partial charge in [0.25, 0.3) is 0 Å². The number of nitrogens with zero attached hydrogens (tertiary/aromatic N) is 1. The highest BCUT2D eigenvalue weighted by molar-refractivity contribution is 7.99. The van der Waals surface area contributed by atoms with E-state index in [-0.39, 0.29) is 6.10 Å². The average Bonchev–Trinajstić information content (AvgIpc) is 2.39. The van der Waals surface area contributed by atoms with Crippen molar-refractivity contribution in [2.24, 2.45) is 0 Å². The van der Waals surface area contributed by atoms with E-state index < -0.39 is 0 Å². The van der Waals surface area contributed by atoms with Gasteiger partial charge in [0.2, 0.25) is 0 Å². The first-order valence-electron chi connectivity index (χ1n) is 5.69. The summed E-state index contributed by atoms with van der Waals surface area (Å²) in [6, 6.07) is 11.5. The number of aromatic nitrogens is 1. The summed E-state index contributed by atoms with van der Waals surface area (Å²) in [7, 11) is 0. The van der Waals surface area contributed by atoms with Gasteiger partial charge in [0, 0.05) is 34.5 Å². The predicted octanol–water partition coefficient (Wildman–Crippen LogP) is 3.43. The van der Waals surface area contributed by atoms with Gasteiger partial charge in [-0.25, -0.2) is 0 Å². The van der Waals surface area contributed by atoms with Crippen molar-refractivity contribution in [3.63, 3.8) is 0 Å². The molecule has 18 heavy (non-hydrogen) atoms. The standard InChI is InChI=1S/C14H14ClNOS/c15-12-3-5-14(6-4-12)18-10-13(17)8-11-2-1-7-16-9-11/h1-7,9,13,17H,8,10H2. The van der Waals surface area contributed by atoms with Gasteiger partial charge in [0.1, 0.15) is 0 Å². The van der Waals surface area contributed by atoms with Crippen LogP contribution in [0.5, 0.6) is 0 Å². The molecule has 1 aromatic carbocycles. The molecule has 2 aromatic rings. The molecular weight excluding hydrogens is 266 g/mol. The van der Waals surface area contributed by atoms with Crippen molar-refractivity contribution < 1.29 is 5.11 Å². The highest BCUT2D eigenvalue weighted by Gasteiger charge is 2.06. The van der Waals surface area contributed by atoms with Crippen LogP contribution in [0, 0.1) is 0 Å². The molecule has 0 amide bonds. The van der Waals surface area contributed by atoms with E-state index in [9.17, 15) is 5.11 Å². The largest absolute Gasteiger partial charge is 0.392 e. The lowest BCUT2D eigenvalue weighted by molar-refractivity contribution is 0.200. The molecule has 0 saturated carbocycles. The van der Waals surface area contributed by atoms with E-state index >= 15 is 0 Å². The number of rotatable bonds is 5. The molecule has 0 bridgehead atoms. The number of aliphatic hydroxyl groups excluding tert-OH is 1. The number of benzene rings is 1. The van der Waals surface area contributed by atoms with Crippen molar-refractivity contribution in [1.29, 1.82) is 0 Å². The van der Waals surface area contributed by atoms with E-state index in [1.807, 2.05) is 36.4 Å². The highest BCUT2D eigenvalue weighted by atomic mass is 35.5. The van der Waals surface area contributed by atoms with Crippen molar-refractivity contribution in [2.45, 2.75) is 17.4 Å². The lowest BCUT2D eigenvalue weighted by atomic mass is 10.1. The van der Waals surface area contributed by atoms with Crippen LogP contribution in [-0.4, -0.2) is 21.9 Å². The zero-order chi connectivity index (χ0) is 12.8.